The SMILES string of the molecule is C/C(=N\NC(=S)Nc1cccnc1N)c1ccccn1. The van der Waals surface area contributed by atoms with Gasteiger partial charge < -0.3 is 11.1 Å². The van der Waals surface area contributed by atoms with Crippen molar-refractivity contribution in [2.45, 2.75) is 6.92 Å². The smallest absolute Gasteiger partial charge is 0.191 e. The minimum Gasteiger partial charge on any atom is -0.382 e. The molecule has 0 fully saturated rings. The Labute approximate surface area is 122 Å². The third-order valence-electron chi connectivity index (χ3n) is 2.45. The van der Waals surface area contributed by atoms with Crippen LogP contribution in [0.2, 0.25) is 0 Å². The van der Waals surface area contributed by atoms with Gasteiger partial charge in [0, 0.05) is 12.4 Å². The molecular formula is C13H14N6S. The summed E-state index contributed by atoms with van der Waals surface area (Å²) in [5.41, 5.74) is 10.6. The monoisotopic (exact) mass is 286 g/mol. The zero-order valence-electron chi connectivity index (χ0n) is 10.9. The summed E-state index contributed by atoms with van der Waals surface area (Å²) in [6.07, 6.45) is 3.32. The Bertz CT molecular complexity index is 626. The summed E-state index contributed by atoms with van der Waals surface area (Å²) < 4.78 is 0. The van der Waals surface area contributed by atoms with Gasteiger partial charge in [-0.1, -0.05) is 6.07 Å². The molecule has 7 heteroatoms. The molecule has 0 aliphatic rings. The van der Waals surface area contributed by atoms with Crippen LogP contribution in [-0.2, 0) is 0 Å². The summed E-state index contributed by atoms with van der Waals surface area (Å²) in [6, 6.07) is 9.17. The minimum atomic E-state index is 0.333. The van der Waals surface area contributed by atoms with E-state index in [1.807, 2.05) is 25.1 Å². The van der Waals surface area contributed by atoms with Crippen LogP contribution in [0.4, 0.5) is 11.5 Å². The normalized spacial score (nSPS) is 10.9. The fourth-order valence-corrected chi connectivity index (χ4v) is 1.60. The number of nitrogens with two attached hydrogens (primary N) is 1. The lowest BCUT2D eigenvalue weighted by atomic mass is 10.3. The van der Waals surface area contributed by atoms with E-state index in [4.69, 9.17) is 18.0 Å². The van der Waals surface area contributed by atoms with Gasteiger partial charge in [0.15, 0.2) is 5.11 Å². The van der Waals surface area contributed by atoms with Crippen molar-refractivity contribution >= 4 is 34.5 Å². The van der Waals surface area contributed by atoms with Crippen molar-refractivity contribution in [3.8, 4) is 0 Å². The van der Waals surface area contributed by atoms with Crippen molar-refractivity contribution in [1.29, 1.82) is 0 Å². The van der Waals surface area contributed by atoms with Gasteiger partial charge in [0.2, 0.25) is 0 Å². The molecule has 0 amide bonds. The first-order chi connectivity index (χ1) is 9.66. The zero-order valence-corrected chi connectivity index (χ0v) is 11.7. The van der Waals surface area contributed by atoms with Gasteiger partial charge in [-0.2, -0.15) is 5.10 Å². The first-order valence-corrected chi connectivity index (χ1v) is 6.31. The van der Waals surface area contributed by atoms with Gasteiger partial charge in [-0.3, -0.25) is 10.4 Å². The van der Waals surface area contributed by atoms with Crippen LogP contribution in [0.1, 0.15) is 12.6 Å². The molecule has 0 spiro atoms. The van der Waals surface area contributed by atoms with Crippen LogP contribution in [0, 0.1) is 0 Å². The van der Waals surface area contributed by atoms with Crippen LogP contribution in [0.25, 0.3) is 0 Å². The number of aromatic nitrogens is 2. The van der Waals surface area contributed by atoms with Crippen molar-refractivity contribution < 1.29 is 0 Å². The average molecular weight is 286 g/mol. The molecule has 2 heterocycles. The Balaban J connectivity index is 1.97. The van der Waals surface area contributed by atoms with Gasteiger partial charge in [-0.05, 0) is 43.4 Å². The molecule has 0 aliphatic carbocycles. The van der Waals surface area contributed by atoms with Crippen LogP contribution < -0.4 is 16.5 Å². The summed E-state index contributed by atoms with van der Waals surface area (Å²) in [5, 5.41) is 7.42. The van der Waals surface area contributed by atoms with E-state index in [0.29, 0.717) is 16.6 Å². The number of rotatable bonds is 3. The van der Waals surface area contributed by atoms with Gasteiger partial charge in [0.05, 0.1) is 17.1 Å². The van der Waals surface area contributed by atoms with Crippen LogP contribution >= 0.6 is 12.2 Å². The second-order valence-corrected chi connectivity index (χ2v) is 4.32. The summed E-state index contributed by atoms with van der Waals surface area (Å²) in [7, 11) is 0. The van der Waals surface area contributed by atoms with Gasteiger partial charge >= 0.3 is 0 Å². The molecule has 2 rings (SSSR count). The molecular weight excluding hydrogens is 272 g/mol. The molecule has 20 heavy (non-hydrogen) atoms. The van der Waals surface area contributed by atoms with Gasteiger partial charge in [-0.15, -0.1) is 0 Å². The van der Waals surface area contributed by atoms with Crippen molar-refractivity contribution in [3.63, 3.8) is 0 Å². The maximum atomic E-state index is 5.71. The molecule has 0 unspecified atom stereocenters. The van der Waals surface area contributed by atoms with Crippen molar-refractivity contribution in [2.24, 2.45) is 5.10 Å². The number of hydrogen-bond donors (Lipinski definition) is 3. The number of nitrogens with one attached hydrogen (secondary N) is 2. The number of pyridine rings is 2. The lowest BCUT2D eigenvalue weighted by molar-refractivity contribution is 1.03. The number of nitrogen functional groups attached to an aromatic ring is 1. The molecule has 2 aromatic rings. The number of hydrogen-bond acceptors (Lipinski definition) is 5. The van der Waals surface area contributed by atoms with E-state index in [0.717, 1.165) is 11.4 Å². The maximum absolute atomic E-state index is 5.71. The number of hydrazone groups is 1. The lowest BCUT2D eigenvalue weighted by Crippen LogP contribution is -2.25. The summed E-state index contributed by atoms with van der Waals surface area (Å²) in [6.45, 7) is 1.84. The average Bonchev–Trinajstić information content (AvgIpc) is 2.48. The van der Waals surface area contributed by atoms with Gasteiger partial charge in [0.1, 0.15) is 5.82 Å². The highest BCUT2D eigenvalue weighted by atomic mass is 32.1. The first-order valence-electron chi connectivity index (χ1n) is 5.90. The van der Waals surface area contributed by atoms with Gasteiger partial charge in [-0.25, -0.2) is 4.98 Å². The molecule has 0 aromatic carbocycles. The Morgan fingerprint density at radius 3 is 2.70 bits per heavy atom. The number of thiocarbonyl (C=S) groups is 1. The largest absolute Gasteiger partial charge is 0.382 e. The lowest BCUT2D eigenvalue weighted by Gasteiger charge is -2.09. The van der Waals surface area contributed by atoms with Crippen LogP contribution in [0.15, 0.2) is 47.8 Å². The van der Waals surface area contributed by atoms with E-state index in [-0.39, 0.29) is 0 Å². The van der Waals surface area contributed by atoms with Crippen LogP contribution in [0.3, 0.4) is 0 Å². The van der Waals surface area contributed by atoms with Gasteiger partial charge in [0.25, 0.3) is 0 Å². The topological polar surface area (TPSA) is 88.2 Å². The third kappa shape index (κ3) is 3.72. The molecule has 0 radical (unpaired) electrons. The zero-order chi connectivity index (χ0) is 14.4. The van der Waals surface area contributed by atoms with E-state index >= 15 is 0 Å². The van der Waals surface area contributed by atoms with E-state index in [9.17, 15) is 0 Å². The highest BCUT2D eigenvalue weighted by Crippen LogP contribution is 2.12. The van der Waals surface area contributed by atoms with Crippen LogP contribution in [-0.4, -0.2) is 20.8 Å². The predicted molar refractivity (Wildman–Crippen MR) is 84.5 cm³/mol. The second-order valence-electron chi connectivity index (χ2n) is 3.91. The molecule has 0 atom stereocenters. The van der Waals surface area contributed by atoms with E-state index in [1.165, 1.54) is 0 Å². The highest BCUT2D eigenvalue weighted by molar-refractivity contribution is 7.80. The molecule has 0 bridgehead atoms. The number of anilines is 2. The quantitative estimate of drug-likeness (QED) is 0.453. The van der Waals surface area contributed by atoms with E-state index in [1.54, 1.807) is 24.5 Å². The van der Waals surface area contributed by atoms with E-state index < -0.39 is 0 Å². The van der Waals surface area contributed by atoms with Crippen molar-refractivity contribution in [2.75, 3.05) is 11.1 Å². The Hall–Kier alpha value is -2.54. The highest BCUT2D eigenvalue weighted by Gasteiger charge is 2.02. The van der Waals surface area contributed by atoms with E-state index in [2.05, 4.69) is 25.8 Å². The molecule has 2 aromatic heterocycles. The Morgan fingerprint density at radius 1 is 1.20 bits per heavy atom. The van der Waals surface area contributed by atoms with Crippen molar-refractivity contribution in [1.82, 2.24) is 15.4 Å². The first kappa shape index (κ1) is 13.9. The molecule has 4 N–H and O–H groups in total. The molecule has 0 aliphatic heterocycles. The summed E-state index contributed by atoms with van der Waals surface area (Å²) >= 11 is 5.13. The van der Waals surface area contributed by atoms with Crippen molar-refractivity contribution in [3.05, 3.63) is 48.4 Å². The Kier molecular flexibility index (Phi) is 4.56. The fraction of sp³-hybridized carbons (Fsp3) is 0.0769. The fourth-order valence-electron chi connectivity index (χ4n) is 1.44. The van der Waals surface area contributed by atoms with Crippen LogP contribution in [0.5, 0.6) is 0 Å². The Morgan fingerprint density at radius 2 is 2.00 bits per heavy atom. The second kappa shape index (κ2) is 6.58. The summed E-state index contributed by atoms with van der Waals surface area (Å²) in [5.74, 6) is 0.377. The standard InChI is InChI=1S/C13H14N6S/c1-9(10-5-2-3-7-15-10)18-19-13(20)17-11-6-4-8-16-12(11)14/h2-8H,1H3,(H2,14,16)(H2,17,19,20)/b18-9+. The third-order valence-corrected chi connectivity index (χ3v) is 2.64. The minimum absolute atomic E-state index is 0.333. The molecule has 0 saturated heterocycles. The summed E-state index contributed by atoms with van der Waals surface area (Å²) in [4.78, 5) is 8.15. The predicted octanol–water partition coefficient (Wildman–Crippen LogP) is 1.77. The molecule has 0 saturated carbocycles. The number of nitrogens with zero attached hydrogens (tertiary/aromatic N) is 3. The molecule has 102 valence electrons. The molecule has 6 nitrogen and oxygen atoms in total. The maximum Gasteiger partial charge on any atom is 0.191 e.